The summed E-state index contributed by atoms with van der Waals surface area (Å²) in [5.41, 5.74) is 4.26. The van der Waals surface area contributed by atoms with Crippen LogP contribution in [0.5, 0.6) is 5.75 Å². The molecule has 0 fully saturated rings. The van der Waals surface area contributed by atoms with Gasteiger partial charge in [-0.25, -0.2) is 4.98 Å². The van der Waals surface area contributed by atoms with Gasteiger partial charge in [0.25, 0.3) is 5.91 Å². The summed E-state index contributed by atoms with van der Waals surface area (Å²) >= 11 is 0. The maximum absolute atomic E-state index is 12.4. The van der Waals surface area contributed by atoms with E-state index in [-0.39, 0.29) is 5.91 Å². The van der Waals surface area contributed by atoms with Crippen LogP contribution in [0.3, 0.4) is 0 Å². The van der Waals surface area contributed by atoms with Gasteiger partial charge < -0.3 is 15.4 Å². The lowest BCUT2D eigenvalue weighted by Crippen LogP contribution is -2.24. The Morgan fingerprint density at radius 2 is 1.79 bits per heavy atom. The Labute approximate surface area is 164 Å². The summed E-state index contributed by atoms with van der Waals surface area (Å²) in [6, 6.07) is 21.4. The van der Waals surface area contributed by atoms with Gasteiger partial charge in [-0.15, -0.1) is 0 Å². The van der Waals surface area contributed by atoms with Crippen molar-refractivity contribution in [1.29, 1.82) is 0 Å². The molecule has 5 nitrogen and oxygen atoms in total. The van der Waals surface area contributed by atoms with Crippen molar-refractivity contribution in [3.05, 3.63) is 95.3 Å². The summed E-state index contributed by atoms with van der Waals surface area (Å²) in [6.45, 7) is 1.75. The van der Waals surface area contributed by atoms with Gasteiger partial charge in [0.15, 0.2) is 0 Å². The van der Waals surface area contributed by atoms with Crippen LogP contribution >= 0.6 is 0 Å². The standard InChI is InChI=1S/C23H21N3O2/c27-23(22-13-12-20-21(26-22)7-4-14-24-20)25-15-17-8-10-18(11-9-17)16-28-19-5-2-1-3-6-19/h1-13,24H,14-16H2,(H,25,27). The van der Waals surface area contributed by atoms with Crippen LogP contribution in [0.2, 0.25) is 0 Å². The average molecular weight is 371 g/mol. The number of carbonyl (C=O) groups is 1. The lowest BCUT2D eigenvalue weighted by Gasteiger charge is -2.13. The summed E-state index contributed by atoms with van der Waals surface area (Å²) in [6.07, 6.45) is 3.92. The molecule has 1 aliphatic heterocycles. The number of nitrogens with zero attached hydrogens (tertiary/aromatic N) is 1. The van der Waals surface area contributed by atoms with Crippen molar-refractivity contribution in [2.45, 2.75) is 13.2 Å². The first kappa shape index (κ1) is 17.8. The highest BCUT2D eigenvalue weighted by atomic mass is 16.5. The molecule has 1 aliphatic rings. The summed E-state index contributed by atoms with van der Waals surface area (Å²) in [5.74, 6) is 0.666. The molecule has 5 heteroatoms. The molecule has 0 atom stereocenters. The predicted octanol–water partition coefficient (Wildman–Crippen LogP) is 4.03. The quantitative estimate of drug-likeness (QED) is 0.687. The fraction of sp³-hybridized carbons (Fsp3) is 0.130. The fourth-order valence-electron chi connectivity index (χ4n) is 2.93. The molecule has 0 radical (unpaired) electrons. The second-order valence-electron chi connectivity index (χ2n) is 6.51. The van der Waals surface area contributed by atoms with E-state index in [1.165, 1.54) is 0 Å². The van der Waals surface area contributed by atoms with Crippen LogP contribution in [0, 0.1) is 0 Å². The van der Waals surface area contributed by atoms with Gasteiger partial charge in [0.1, 0.15) is 18.1 Å². The molecule has 0 unspecified atom stereocenters. The van der Waals surface area contributed by atoms with Gasteiger partial charge in [0.2, 0.25) is 0 Å². The Bertz CT molecular complexity index is 982. The molecule has 0 spiro atoms. The first-order chi connectivity index (χ1) is 13.8. The van der Waals surface area contributed by atoms with Crippen LogP contribution in [0.1, 0.15) is 27.3 Å². The average Bonchev–Trinajstić information content (AvgIpc) is 2.77. The number of anilines is 1. The molecule has 4 rings (SSSR count). The Balaban J connectivity index is 1.31. The van der Waals surface area contributed by atoms with E-state index >= 15 is 0 Å². The van der Waals surface area contributed by atoms with Gasteiger partial charge in [-0.3, -0.25) is 4.79 Å². The molecule has 0 aliphatic carbocycles. The van der Waals surface area contributed by atoms with Crippen molar-refractivity contribution in [2.24, 2.45) is 0 Å². The Morgan fingerprint density at radius 3 is 2.61 bits per heavy atom. The van der Waals surface area contributed by atoms with E-state index in [2.05, 4.69) is 15.6 Å². The lowest BCUT2D eigenvalue weighted by atomic mass is 10.1. The van der Waals surface area contributed by atoms with E-state index in [1.54, 1.807) is 6.07 Å². The topological polar surface area (TPSA) is 63.2 Å². The molecule has 2 heterocycles. The molecule has 3 aromatic rings. The highest BCUT2D eigenvalue weighted by Crippen LogP contribution is 2.18. The maximum Gasteiger partial charge on any atom is 0.270 e. The number of aromatic nitrogens is 1. The smallest absolute Gasteiger partial charge is 0.270 e. The number of amides is 1. The van der Waals surface area contributed by atoms with Gasteiger partial charge in [-0.2, -0.15) is 0 Å². The van der Waals surface area contributed by atoms with E-state index in [1.807, 2.05) is 72.8 Å². The molecule has 28 heavy (non-hydrogen) atoms. The largest absolute Gasteiger partial charge is 0.489 e. The van der Waals surface area contributed by atoms with E-state index in [0.29, 0.717) is 18.8 Å². The molecule has 0 bridgehead atoms. The third-order valence-electron chi connectivity index (χ3n) is 4.47. The van der Waals surface area contributed by atoms with Crippen molar-refractivity contribution in [3.63, 3.8) is 0 Å². The molecule has 2 N–H and O–H groups in total. The number of pyridine rings is 1. The van der Waals surface area contributed by atoms with Gasteiger partial charge >= 0.3 is 0 Å². The van der Waals surface area contributed by atoms with E-state index < -0.39 is 0 Å². The van der Waals surface area contributed by atoms with Crippen molar-refractivity contribution in [3.8, 4) is 5.75 Å². The number of benzene rings is 2. The number of para-hydroxylation sites is 1. The van der Waals surface area contributed by atoms with Gasteiger partial charge in [0, 0.05) is 13.1 Å². The normalized spacial score (nSPS) is 12.0. The monoisotopic (exact) mass is 371 g/mol. The molecule has 1 amide bonds. The first-order valence-corrected chi connectivity index (χ1v) is 9.23. The number of hydrogen-bond donors (Lipinski definition) is 2. The third kappa shape index (κ3) is 4.38. The van der Waals surface area contributed by atoms with E-state index in [9.17, 15) is 4.79 Å². The molecular formula is C23H21N3O2. The van der Waals surface area contributed by atoms with Crippen LogP contribution in [-0.2, 0) is 13.2 Å². The molecular weight excluding hydrogens is 350 g/mol. The van der Waals surface area contributed by atoms with Gasteiger partial charge in [-0.05, 0) is 41.5 Å². The van der Waals surface area contributed by atoms with Gasteiger partial charge in [-0.1, -0.05) is 48.5 Å². The molecule has 140 valence electrons. The molecule has 0 saturated heterocycles. The maximum atomic E-state index is 12.4. The summed E-state index contributed by atoms with van der Waals surface area (Å²) in [4.78, 5) is 16.8. The number of rotatable bonds is 6. The molecule has 1 aromatic heterocycles. The van der Waals surface area contributed by atoms with Crippen molar-refractivity contribution < 1.29 is 9.53 Å². The predicted molar refractivity (Wildman–Crippen MR) is 110 cm³/mol. The molecule has 0 saturated carbocycles. The third-order valence-corrected chi connectivity index (χ3v) is 4.47. The Hall–Kier alpha value is -3.60. The number of carbonyl (C=O) groups excluding carboxylic acids is 1. The zero-order valence-electron chi connectivity index (χ0n) is 15.4. The summed E-state index contributed by atoms with van der Waals surface area (Å²) < 4.78 is 5.74. The number of fused-ring (bicyclic) bond motifs is 1. The SMILES string of the molecule is O=C(NCc1ccc(COc2ccccc2)cc1)c1ccc2c(n1)C=CCN2. The van der Waals surface area contributed by atoms with E-state index in [0.717, 1.165) is 34.8 Å². The minimum atomic E-state index is -0.182. The van der Waals surface area contributed by atoms with Crippen molar-refractivity contribution in [1.82, 2.24) is 10.3 Å². The fourth-order valence-corrected chi connectivity index (χ4v) is 2.93. The summed E-state index contributed by atoms with van der Waals surface area (Å²) in [5, 5.41) is 6.14. The van der Waals surface area contributed by atoms with Crippen LogP contribution < -0.4 is 15.4 Å². The number of ether oxygens (including phenoxy) is 1. The van der Waals surface area contributed by atoms with Crippen LogP contribution in [0.4, 0.5) is 5.69 Å². The second kappa shape index (κ2) is 8.39. The first-order valence-electron chi connectivity index (χ1n) is 9.23. The van der Waals surface area contributed by atoms with Gasteiger partial charge in [0.05, 0.1) is 11.4 Å². The highest BCUT2D eigenvalue weighted by molar-refractivity contribution is 5.93. The number of hydrogen-bond acceptors (Lipinski definition) is 4. The highest BCUT2D eigenvalue weighted by Gasteiger charge is 2.11. The van der Waals surface area contributed by atoms with Crippen molar-refractivity contribution in [2.75, 3.05) is 11.9 Å². The minimum absolute atomic E-state index is 0.182. The minimum Gasteiger partial charge on any atom is -0.489 e. The zero-order valence-corrected chi connectivity index (χ0v) is 15.4. The van der Waals surface area contributed by atoms with E-state index in [4.69, 9.17) is 4.74 Å². The second-order valence-corrected chi connectivity index (χ2v) is 6.51. The summed E-state index contributed by atoms with van der Waals surface area (Å²) in [7, 11) is 0. The van der Waals surface area contributed by atoms with Crippen LogP contribution in [-0.4, -0.2) is 17.4 Å². The Morgan fingerprint density at radius 1 is 1.00 bits per heavy atom. The van der Waals surface area contributed by atoms with Crippen LogP contribution in [0.15, 0.2) is 72.8 Å². The lowest BCUT2D eigenvalue weighted by molar-refractivity contribution is 0.0946. The Kier molecular flexibility index (Phi) is 5.33. The van der Waals surface area contributed by atoms with Crippen LogP contribution in [0.25, 0.3) is 6.08 Å². The molecule has 2 aromatic carbocycles. The van der Waals surface area contributed by atoms with Crippen molar-refractivity contribution >= 4 is 17.7 Å². The zero-order chi connectivity index (χ0) is 19.2. The number of nitrogens with one attached hydrogen (secondary N) is 2.